The molecule has 0 amide bonds. The van der Waals surface area contributed by atoms with Crippen molar-refractivity contribution < 1.29 is 0 Å². The van der Waals surface area contributed by atoms with Crippen molar-refractivity contribution in [3.63, 3.8) is 0 Å². The molecule has 0 bridgehead atoms. The molecule has 0 spiro atoms. The fourth-order valence-electron chi connectivity index (χ4n) is 4.06. The van der Waals surface area contributed by atoms with Gasteiger partial charge in [-0.1, -0.05) is 38.1 Å². The molecule has 2 aliphatic rings. The van der Waals surface area contributed by atoms with Gasteiger partial charge in [-0.2, -0.15) is 0 Å². The summed E-state index contributed by atoms with van der Waals surface area (Å²) in [6, 6.07) is 11.9. The summed E-state index contributed by atoms with van der Waals surface area (Å²) < 4.78 is 0. The smallest absolute Gasteiger partial charge is 0.0380 e. The van der Waals surface area contributed by atoms with Gasteiger partial charge in [0.05, 0.1) is 0 Å². The minimum atomic E-state index is 0.309. The summed E-state index contributed by atoms with van der Waals surface area (Å²) in [5.41, 5.74) is 4.95. The maximum absolute atomic E-state index is 3.84. The third-order valence-corrected chi connectivity index (χ3v) is 6.31. The highest BCUT2D eigenvalue weighted by Crippen LogP contribution is 2.45. The van der Waals surface area contributed by atoms with Crippen LogP contribution in [0, 0.1) is 5.41 Å². The van der Waals surface area contributed by atoms with Crippen LogP contribution in [0.5, 0.6) is 0 Å². The molecule has 2 heteroatoms. The second-order valence-corrected chi connectivity index (χ2v) is 8.41. The molecule has 1 N–H and O–H groups in total. The van der Waals surface area contributed by atoms with Gasteiger partial charge in [0.25, 0.3) is 0 Å². The number of hydrogen-bond donors (Lipinski definition) is 1. The van der Waals surface area contributed by atoms with Gasteiger partial charge in [-0.05, 0) is 53.9 Å². The van der Waals surface area contributed by atoms with Crippen LogP contribution in [0.1, 0.15) is 52.8 Å². The average Bonchev–Trinajstić information content (AvgIpc) is 3.06. The van der Waals surface area contributed by atoms with E-state index in [4.69, 9.17) is 0 Å². The second-order valence-electron chi connectivity index (χ2n) is 7.19. The molecule has 0 saturated heterocycles. The van der Waals surface area contributed by atoms with Crippen molar-refractivity contribution in [2.45, 2.75) is 52.1 Å². The molecule has 21 heavy (non-hydrogen) atoms. The molecule has 1 heterocycles. The van der Waals surface area contributed by atoms with Crippen LogP contribution < -0.4 is 5.32 Å². The topological polar surface area (TPSA) is 12.0 Å². The largest absolute Gasteiger partial charge is 0.305 e. The highest BCUT2D eigenvalue weighted by molar-refractivity contribution is 7.12. The minimum Gasteiger partial charge on any atom is -0.305 e. The highest BCUT2D eigenvalue weighted by atomic mass is 32.1. The Kier molecular flexibility index (Phi) is 3.20. The standard InChI is InChI=1S/C19H23NS/c1-19(2)11-14-6-3-4-8-16(14)18(19)20-12-15-10-13-7-5-9-17(13)21-15/h3-4,6,8,10,18,20H,5,7,9,11-12H2,1-2H3. The van der Waals surface area contributed by atoms with E-state index >= 15 is 0 Å². The maximum atomic E-state index is 3.84. The van der Waals surface area contributed by atoms with Crippen molar-refractivity contribution in [2.75, 3.05) is 0 Å². The Morgan fingerprint density at radius 3 is 2.90 bits per heavy atom. The molecule has 1 aromatic heterocycles. The molecule has 1 atom stereocenters. The van der Waals surface area contributed by atoms with Crippen LogP contribution in [-0.4, -0.2) is 0 Å². The van der Waals surface area contributed by atoms with Crippen LogP contribution in [-0.2, 0) is 25.8 Å². The first-order valence-corrected chi connectivity index (χ1v) is 8.87. The monoisotopic (exact) mass is 297 g/mol. The summed E-state index contributed by atoms with van der Waals surface area (Å²) >= 11 is 2.02. The number of fused-ring (bicyclic) bond motifs is 2. The van der Waals surface area contributed by atoms with Crippen LogP contribution in [0.15, 0.2) is 30.3 Å². The number of aryl methyl sites for hydroxylation is 2. The van der Waals surface area contributed by atoms with Gasteiger partial charge >= 0.3 is 0 Å². The van der Waals surface area contributed by atoms with Crippen molar-refractivity contribution in [3.05, 3.63) is 56.8 Å². The molecule has 2 aromatic rings. The van der Waals surface area contributed by atoms with Crippen LogP contribution in [0.25, 0.3) is 0 Å². The minimum absolute atomic E-state index is 0.309. The zero-order valence-corrected chi connectivity index (χ0v) is 13.7. The Morgan fingerprint density at radius 1 is 1.19 bits per heavy atom. The van der Waals surface area contributed by atoms with Gasteiger partial charge in [-0.3, -0.25) is 0 Å². The fraction of sp³-hybridized carbons (Fsp3) is 0.474. The van der Waals surface area contributed by atoms with E-state index in [9.17, 15) is 0 Å². The van der Waals surface area contributed by atoms with E-state index in [2.05, 4.69) is 49.5 Å². The van der Waals surface area contributed by atoms with E-state index < -0.39 is 0 Å². The summed E-state index contributed by atoms with van der Waals surface area (Å²) in [7, 11) is 0. The van der Waals surface area contributed by atoms with E-state index in [1.54, 1.807) is 10.4 Å². The zero-order chi connectivity index (χ0) is 14.4. The van der Waals surface area contributed by atoms with Gasteiger partial charge in [-0.15, -0.1) is 11.3 Å². The summed E-state index contributed by atoms with van der Waals surface area (Å²) in [6.07, 6.45) is 5.14. The first-order valence-electron chi connectivity index (χ1n) is 8.05. The number of nitrogens with one attached hydrogen (secondary N) is 1. The molecule has 1 nitrogen and oxygen atoms in total. The van der Waals surface area contributed by atoms with E-state index in [0.717, 1.165) is 6.54 Å². The predicted octanol–water partition coefficient (Wildman–Crippen LogP) is 4.65. The molecular weight excluding hydrogens is 274 g/mol. The predicted molar refractivity (Wildman–Crippen MR) is 89.9 cm³/mol. The third-order valence-electron chi connectivity index (χ3n) is 5.07. The van der Waals surface area contributed by atoms with E-state index in [0.29, 0.717) is 11.5 Å². The van der Waals surface area contributed by atoms with Gasteiger partial charge in [0.2, 0.25) is 0 Å². The van der Waals surface area contributed by atoms with Gasteiger partial charge < -0.3 is 5.32 Å². The Labute approximate surface area is 131 Å². The maximum Gasteiger partial charge on any atom is 0.0380 e. The molecule has 1 unspecified atom stereocenters. The lowest BCUT2D eigenvalue weighted by Gasteiger charge is -2.28. The van der Waals surface area contributed by atoms with E-state index in [1.807, 2.05) is 11.3 Å². The van der Waals surface area contributed by atoms with Crippen molar-refractivity contribution >= 4 is 11.3 Å². The van der Waals surface area contributed by atoms with Crippen molar-refractivity contribution in [2.24, 2.45) is 5.41 Å². The summed E-state index contributed by atoms with van der Waals surface area (Å²) in [4.78, 5) is 3.15. The van der Waals surface area contributed by atoms with E-state index in [1.165, 1.54) is 41.7 Å². The lowest BCUT2D eigenvalue weighted by Crippen LogP contribution is -2.30. The van der Waals surface area contributed by atoms with Crippen molar-refractivity contribution in [1.82, 2.24) is 5.32 Å². The Balaban J connectivity index is 1.53. The first kappa shape index (κ1) is 13.5. The summed E-state index contributed by atoms with van der Waals surface area (Å²) in [5.74, 6) is 0. The van der Waals surface area contributed by atoms with Crippen LogP contribution in [0.2, 0.25) is 0 Å². The van der Waals surface area contributed by atoms with Gasteiger partial charge in [-0.25, -0.2) is 0 Å². The molecule has 1 aromatic carbocycles. The first-order chi connectivity index (χ1) is 10.1. The summed E-state index contributed by atoms with van der Waals surface area (Å²) in [6.45, 7) is 5.79. The lowest BCUT2D eigenvalue weighted by molar-refractivity contribution is 0.268. The molecule has 0 saturated carbocycles. The molecule has 0 aliphatic heterocycles. The Morgan fingerprint density at radius 2 is 2.05 bits per heavy atom. The van der Waals surface area contributed by atoms with Gasteiger partial charge in [0.15, 0.2) is 0 Å². The molecule has 0 radical (unpaired) electrons. The zero-order valence-electron chi connectivity index (χ0n) is 12.9. The molecular formula is C19H23NS. The fourth-order valence-corrected chi connectivity index (χ4v) is 5.27. The average molecular weight is 297 g/mol. The quantitative estimate of drug-likeness (QED) is 0.869. The van der Waals surface area contributed by atoms with Gasteiger partial charge in [0.1, 0.15) is 0 Å². The van der Waals surface area contributed by atoms with Crippen molar-refractivity contribution in [1.29, 1.82) is 0 Å². The highest BCUT2D eigenvalue weighted by Gasteiger charge is 2.38. The van der Waals surface area contributed by atoms with Crippen LogP contribution >= 0.6 is 11.3 Å². The molecule has 2 aliphatic carbocycles. The van der Waals surface area contributed by atoms with Crippen LogP contribution in [0.4, 0.5) is 0 Å². The van der Waals surface area contributed by atoms with Gasteiger partial charge in [0, 0.05) is 22.3 Å². The number of benzene rings is 1. The normalized spacial score (nSPS) is 22.3. The summed E-state index contributed by atoms with van der Waals surface area (Å²) in [5, 5.41) is 3.84. The molecule has 4 rings (SSSR count). The lowest BCUT2D eigenvalue weighted by atomic mass is 9.85. The Hall–Kier alpha value is -1.12. The SMILES string of the molecule is CC1(C)Cc2ccccc2C1NCc1cc2c(s1)CCC2. The second kappa shape index (κ2) is 4.96. The number of thiophene rings is 1. The number of hydrogen-bond acceptors (Lipinski definition) is 2. The number of rotatable bonds is 3. The van der Waals surface area contributed by atoms with E-state index in [-0.39, 0.29) is 0 Å². The Bertz CT molecular complexity index is 646. The third kappa shape index (κ3) is 2.35. The molecule has 0 fully saturated rings. The van der Waals surface area contributed by atoms with Crippen LogP contribution in [0.3, 0.4) is 0 Å². The molecule has 110 valence electrons. The van der Waals surface area contributed by atoms with Crippen molar-refractivity contribution in [3.8, 4) is 0 Å².